The van der Waals surface area contributed by atoms with Crippen LogP contribution in [0.25, 0.3) is 0 Å². The lowest BCUT2D eigenvalue weighted by atomic mass is 10.1. The summed E-state index contributed by atoms with van der Waals surface area (Å²) < 4.78 is 5.23. The SMILES string of the molecule is NC1CCCN(C(=O)Oc2ccccc2)C1. The molecule has 0 bridgehead atoms. The number of nitrogens with zero attached hydrogens (tertiary/aromatic N) is 1. The van der Waals surface area contributed by atoms with E-state index in [0.29, 0.717) is 12.3 Å². The monoisotopic (exact) mass is 220 g/mol. The molecule has 2 rings (SSSR count). The molecule has 1 aromatic rings. The lowest BCUT2D eigenvalue weighted by molar-refractivity contribution is 0.137. The van der Waals surface area contributed by atoms with Crippen LogP contribution in [0.2, 0.25) is 0 Å². The van der Waals surface area contributed by atoms with Gasteiger partial charge in [-0.1, -0.05) is 18.2 Å². The highest BCUT2D eigenvalue weighted by Crippen LogP contribution is 2.13. The van der Waals surface area contributed by atoms with E-state index < -0.39 is 0 Å². The predicted molar refractivity (Wildman–Crippen MR) is 61.2 cm³/mol. The van der Waals surface area contributed by atoms with Crippen LogP contribution in [0.3, 0.4) is 0 Å². The van der Waals surface area contributed by atoms with Crippen LogP contribution in [0, 0.1) is 0 Å². The summed E-state index contributed by atoms with van der Waals surface area (Å²) in [6, 6.07) is 9.17. The summed E-state index contributed by atoms with van der Waals surface area (Å²) in [4.78, 5) is 13.4. The zero-order valence-corrected chi connectivity index (χ0v) is 9.13. The molecule has 1 amide bonds. The smallest absolute Gasteiger partial charge is 0.410 e. The summed E-state index contributed by atoms with van der Waals surface area (Å²) in [5, 5.41) is 0. The highest BCUT2D eigenvalue weighted by Gasteiger charge is 2.22. The molecule has 4 nitrogen and oxygen atoms in total. The number of likely N-dealkylation sites (tertiary alicyclic amines) is 1. The lowest BCUT2D eigenvalue weighted by Gasteiger charge is -2.29. The van der Waals surface area contributed by atoms with Gasteiger partial charge in [0, 0.05) is 19.1 Å². The van der Waals surface area contributed by atoms with Gasteiger partial charge in [-0.25, -0.2) is 4.79 Å². The summed E-state index contributed by atoms with van der Waals surface area (Å²) in [5.74, 6) is 0.576. The maximum absolute atomic E-state index is 11.8. The van der Waals surface area contributed by atoms with Gasteiger partial charge in [0.1, 0.15) is 5.75 Å². The van der Waals surface area contributed by atoms with Crippen molar-refractivity contribution in [2.45, 2.75) is 18.9 Å². The second-order valence-corrected chi connectivity index (χ2v) is 4.03. The van der Waals surface area contributed by atoms with Crippen molar-refractivity contribution in [3.05, 3.63) is 30.3 Å². The van der Waals surface area contributed by atoms with Gasteiger partial charge >= 0.3 is 6.09 Å². The van der Waals surface area contributed by atoms with Gasteiger partial charge in [0.15, 0.2) is 0 Å². The van der Waals surface area contributed by atoms with Crippen molar-refractivity contribution >= 4 is 6.09 Å². The number of benzene rings is 1. The molecule has 0 saturated carbocycles. The fourth-order valence-corrected chi connectivity index (χ4v) is 1.83. The lowest BCUT2D eigenvalue weighted by Crippen LogP contribution is -2.46. The van der Waals surface area contributed by atoms with Crippen LogP contribution < -0.4 is 10.5 Å². The van der Waals surface area contributed by atoms with Crippen LogP contribution in [-0.4, -0.2) is 30.1 Å². The van der Waals surface area contributed by atoms with Crippen molar-refractivity contribution in [1.82, 2.24) is 4.90 Å². The van der Waals surface area contributed by atoms with Gasteiger partial charge in [0.2, 0.25) is 0 Å². The normalized spacial score (nSPS) is 20.6. The molecule has 0 aliphatic carbocycles. The number of hydrogen-bond acceptors (Lipinski definition) is 3. The number of hydrogen-bond donors (Lipinski definition) is 1. The van der Waals surface area contributed by atoms with Gasteiger partial charge in [0.05, 0.1) is 0 Å². The highest BCUT2D eigenvalue weighted by molar-refractivity contribution is 5.70. The molecule has 86 valence electrons. The average Bonchev–Trinajstić information content (AvgIpc) is 2.30. The minimum absolute atomic E-state index is 0.0806. The first-order chi connectivity index (χ1) is 7.75. The largest absolute Gasteiger partial charge is 0.415 e. The number of carbonyl (C=O) groups is 1. The van der Waals surface area contributed by atoms with Crippen LogP contribution in [-0.2, 0) is 0 Å². The second kappa shape index (κ2) is 4.99. The van der Waals surface area contributed by atoms with Crippen LogP contribution in [0.15, 0.2) is 30.3 Å². The Balaban J connectivity index is 1.93. The number of para-hydroxylation sites is 1. The van der Waals surface area contributed by atoms with Gasteiger partial charge in [0.25, 0.3) is 0 Å². The van der Waals surface area contributed by atoms with Gasteiger partial charge in [-0.3, -0.25) is 0 Å². The molecule has 1 saturated heterocycles. The van der Waals surface area contributed by atoms with Crippen LogP contribution in [0.4, 0.5) is 4.79 Å². The molecule has 1 heterocycles. The molecule has 2 N–H and O–H groups in total. The number of carbonyl (C=O) groups excluding carboxylic acids is 1. The molecule has 1 aromatic carbocycles. The highest BCUT2D eigenvalue weighted by atomic mass is 16.6. The number of rotatable bonds is 1. The number of nitrogens with two attached hydrogens (primary N) is 1. The summed E-state index contributed by atoms with van der Waals surface area (Å²) in [5.41, 5.74) is 5.81. The molecule has 1 fully saturated rings. The van der Waals surface area contributed by atoms with Gasteiger partial charge in [-0.05, 0) is 25.0 Å². The van der Waals surface area contributed by atoms with Gasteiger partial charge in [-0.15, -0.1) is 0 Å². The Bertz CT molecular complexity index is 353. The maximum Gasteiger partial charge on any atom is 0.415 e. The first kappa shape index (κ1) is 11.0. The van der Waals surface area contributed by atoms with E-state index in [1.807, 2.05) is 18.2 Å². The zero-order chi connectivity index (χ0) is 11.4. The third-order valence-electron chi connectivity index (χ3n) is 2.66. The summed E-state index contributed by atoms with van der Waals surface area (Å²) in [7, 11) is 0. The van der Waals surface area contributed by atoms with Crippen molar-refractivity contribution in [2.24, 2.45) is 5.73 Å². The number of amides is 1. The molecule has 0 spiro atoms. The zero-order valence-electron chi connectivity index (χ0n) is 9.13. The standard InChI is InChI=1S/C12H16N2O2/c13-10-5-4-8-14(9-10)12(15)16-11-6-2-1-3-7-11/h1-3,6-7,10H,4-5,8-9,13H2. The van der Waals surface area contributed by atoms with Crippen LogP contribution >= 0.6 is 0 Å². The minimum Gasteiger partial charge on any atom is -0.410 e. The van der Waals surface area contributed by atoms with E-state index in [1.165, 1.54) is 0 Å². The van der Waals surface area contributed by atoms with Crippen molar-refractivity contribution < 1.29 is 9.53 Å². The van der Waals surface area contributed by atoms with Crippen molar-refractivity contribution in [2.75, 3.05) is 13.1 Å². The minimum atomic E-state index is -0.304. The Hall–Kier alpha value is -1.55. The predicted octanol–water partition coefficient (Wildman–Crippen LogP) is 1.61. The summed E-state index contributed by atoms with van der Waals surface area (Å²) in [6.07, 6.45) is 1.63. The molecule has 1 aliphatic rings. The van der Waals surface area contributed by atoms with E-state index in [9.17, 15) is 4.79 Å². The van der Waals surface area contributed by atoms with E-state index in [0.717, 1.165) is 19.4 Å². The van der Waals surface area contributed by atoms with Gasteiger partial charge < -0.3 is 15.4 Å². The molecular weight excluding hydrogens is 204 g/mol. The van der Waals surface area contributed by atoms with Crippen molar-refractivity contribution in [3.63, 3.8) is 0 Å². The van der Waals surface area contributed by atoms with Crippen LogP contribution in [0.1, 0.15) is 12.8 Å². The fourth-order valence-electron chi connectivity index (χ4n) is 1.83. The Kier molecular flexibility index (Phi) is 3.41. The van der Waals surface area contributed by atoms with Crippen molar-refractivity contribution in [1.29, 1.82) is 0 Å². The molecule has 1 aliphatic heterocycles. The molecule has 0 aromatic heterocycles. The molecular formula is C12H16N2O2. The van der Waals surface area contributed by atoms with E-state index >= 15 is 0 Å². The molecule has 0 radical (unpaired) electrons. The summed E-state index contributed by atoms with van der Waals surface area (Å²) >= 11 is 0. The van der Waals surface area contributed by atoms with Crippen molar-refractivity contribution in [3.8, 4) is 5.75 Å². The molecule has 1 atom stereocenters. The second-order valence-electron chi connectivity index (χ2n) is 4.03. The topological polar surface area (TPSA) is 55.6 Å². The van der Waals surface area contributed by atoms with E-state index in [2.05, 4.69) is 0 Å². The quantitative estimate of drug-likeness (QED) is 0.782. The fraction of sp³-hybridized carbons (Fsp3) is 0.417. The third kappa shape index (κ3) is 2.73. The first-order valence-electron chi connectivity index (χ1n) is 5.53. The van der Waals surface area contributed by atoms with E-state index in [-0.39, 0.29) is 12.1 Å². The average molecular weight is 220 g/mol. The van der Waals surface area contributed by atoms with Gasteiger partial charge in [-0.2, -0.15) is 0 Å². The third-order valence-corrected chi connectivity index (χ3v) is 2.66. The molecule has 4 heteroatoms. The van der Waals surface area contributed by atoms with Crippen LogP contribution in [0.5, 0.6) is 5.75 Å². The Morgan fingerprint density at radius 3 is 2.81 bits per heavy atom. The number of ether oxygens (including phenoxy) is 1. The van der Waals surface area contributed by atoms with E-state index in [4.69, 9.17) is 10.5 Å². The Labute approximate surface area is 95.0 Å². The number of piperidine rings is 1. The summed E-state index contributed by atoms with van der Waals surface area (Å²) in [6.45, 7) is 1.32. The molecule has 1 unspecified atom stereocenters. The Morgan fingerprint density at radius 2 is 2.12 bits per heavy atom. The Morgan fingerprint density at radius 1 is 1.38 bits per heavy atom. The first-order valence-corrected chi connectivity index (χ1v) is 5.53. The molecule has 16 heavy (non-hydrogen) atoms. The maximum atomic E-state index is 11.8. The van der Waals surface area contributed by atoms with E-state index in [1.54, 1.807) is 17.0 Å².